The second kappa shape index (κ2) is 17.4. The summed E-state index contributed by atoms with van der Waals surface area (Å²) < 4.78 is 44.0. The van der Waals surface area contributed by atoms with Crippen molar-refractivity contribution in [1.82, 2.24) is 0 Å². The molecule has 1 aliphatic rings. The Labute approximate surface area is 182 Å². The topological polar surface area (TPSA) is 94.1 Å². The lowest BCUT2D eigenvalue weighted by atomic mass is 9.84. The number of rotatable bonds is 19. The Balaban J connectivity index is 2.34. The summed E-state index contributed by atoms with van der Waals surface area (Å²) in [5, 5.41) is 10.3. The molecule has 3 atom stereocenters. The first-order valence-electron chi connectivity index (χ1n) is 10.8. The van der Waals surface area contributed by atoms with Gasteiger partial charge in [-0.3, -0.25) is 0 Å². The van der Waals surface area contributed by atoms with Crippen LogP contribution in [0.1, 0.15) is 25.7 Å². The second-order valence-corrected chi connectivity index (χ2v) is 10.3. The first-order chi connectivity index (χ1) is 14.6. The Morgan fingerprint density at radius 3 is 1.97 bits per heavy atom. The van der Waals surface area contributed by atoms with Crippen molar-refractivity contribution < 1.29 is 42.1 Å². The molecule has 0 radical (unpaired) electrons. The molecule has 0 bridgehead atoms. The van der Waals surface area contributed by atoms with Gasteiger partial charge in [0, 0.05) is 34.5 Å². The van der Waals surface area contributed by atoms with E-state index in [9.17, 15) is 5.11 Å². The molecule has 0 spiro atoms. The van der Waals surface area contributed by atoms with Crippen LogP contribution < -0.4 is 0 Å². The van der Waals surface area contributed by atoms with Crippen molar-refractivity contribution in [2.75, 3.05) is 81.3 Å². The third-order valence-corrected chi connectivity index (χ3v) is 8.11. The first-order valence-corrected chi connectivity index (χ1v) is 12.7. The molecule has 0 aromatic rings. The molecule has 0 saturated heterocycles. The van der Waals surface area contributed by atoms with E-state index in [-0.39, 0.29) is 6.10 Å². The molecule has 1 aliphatic carbocycles. The Morgan fingerprint density at radius 1 is 0.767 bits per heavy atom. The van der Waals surface area contributed by atoms with Crippen LogP contribution >= 0.6 is 0 Å². The lowest BCUT2D eigenvalue weighted by Gasteiger charge is -2.34. The molecule has 180 valence electrons. The van der Waals surface area contributed by atoms with Crippen LogP contribution in [-0.2, 0) is 37.0 Å². The van der Waals surface area contributed by atoms with E-state index in [1.807, 2.05) is 0 Å². The molecule has 1 rings (SSSR count). The van der Waals surface area contributed by atoms with E-state index in [1.54, 1.807) is 28.4 Å². The first kappa shape index (κ1) is 27.9. The molecule has 30 heavy (non-hydrogen) atoms. The summed E-state index contributed by atoms with van der Waals surface area (Å²) in [5.74, 6) is 0.437. The summed E-state index contributed by atoms with van der Waals surface area (Å²) in [7, 11) is 3.84. The summed E-state index contributed by atoms with van der Waals surface area (Å²) in [6.45, 7) is 4.09. The van der Waals surface area contributed by atoms with Crippen LogP contribution in [0.3, 0.4) is 0 Å². The van der Waals surface area contributed by atoms with E-state index in [2.05, 4.69) is 0 Å². The molecule has 0 heterocycles. The van der Waals surface area contributed by atoms with Gasteiger partial charge in [-0.05, 0) is 31.6 Å². The summed E-state index contributed by atoms with van der Waals surface area (Å²) in [6, 6.07) is 0.728. The van der Waals surface area contributed by atoms with Gasteiger partial charge in [-0.25, -0.2) is 0 Å². The highest BCUT2D eigenvalue weighted by atomic mass is 28.4. The van der Waals surface area contributed by atoms with E-state index in [0.29, 0.717) is 58.8 Å². The molecule has 10 heteroatoms. The number of ether oxygens (including phenoxy) is 5. The van der Waals surface area contributed by atoms with Crippen molar-refractivity contribution in [2.45, 2.75) is 43.9 Å². The molecular formula is C20H42O9Si. The van der Waals surface area contributed by atoms with Gasteiger partial charge in [0.2, 0.25) is 0 Å². The van der Waals surface area contributed by atoms with Gasteiger partial charge in [-0.15, -0.1) is 0 Å². The minimum Gasteiger partial charge on any atom is -0.390 e. The maximum Gasteiger partial charge on any atom is 0.500 e. The SMILES string of the molecule is COCCOCCOC1CC(CC[Si](OC)(OC)OCCOCCOC)CCC1O. The molecular weight excluding hydrogens is 412 g/mol. The lowest BCUT2D eigenvalue weighted by Crippen LogP contribution is -2.45. The lowest BCUT2D eigenvalue weighted by molar-refractivity contribution is -0.0864. The number of methoxy groups -OCH3 is 2. The normalized spacial score (nSPS) is 22.5. The van der Waals surface area contributed by atoms with E-state index in [1.165, 1.54) is 0 Å². The largest absolute Gasteiger partial charge is 0.500 e. The van der Waals surface area contributed by atoms with E-state index in [0.717, 1.165) is 31.7 Å². The fourth-order valence-corrected chi connectivity index (χ4v) is 5.61. The number of aliphatic hydroxyl groups is 1. The van der Waals surface area contributed by atoms with Gasteiger partial charge in [0.25, 0.3) is 0 Å². The number of aliphatic hydroxyl groups excluding tert-OH is 1. The van der Waals surface area contributed by atoms with Crippen LogP contribution in [0, 0.1) is 5.92 Å². The van der Waals surface area contributed by atoms with Gasteiger partial charge in [-0.1, -0.05) is 0 Å². The van der Waals surface area contributed by atoms with Crippen LogP contribution in [-0.4, -0.2) is 107 Å². The van der Waals surface area contributed by atoms with Crippen molar-refractivity contribution in [3.63, 3.8) is 0 Å². The van der Waals surface area contributed by atoms with Crippen molar-refractivity contribution in [3.8, 4) is 0 Å². The number of hydrogen-bond acceptors (Lipinski definition) is 9. The van der Waals surface area contributed by atoms with E-state index < -0.39 is 14.9 Å². The molecule has 3 unspecified atom stereocenters. The summed E-state index contributed by atoms with van der Waals surface area (Å²) >= 11 is 0. The second-order valence-electron chi connectivity index (χ2n) is 7.34. The zero-order valence-corrected chi connectivity index (χ0v) is 20.1. The van der Waals surface area contributed by atoms with Gasteiger partial charge in [0.1, 0.15) is 0 Å². The third kappa shape index (κ3) is 11.5. The van der Waals surface area contributed by atoms with E-state index >= 15 is 0 Å². The predicted octanol–water partition coefficient (Wildman–Crippen LogP) is 1.50. The standard InChI is InChI=1S/C20H42O9Si/c1-22-8-10-26-12-14-28-20-17-18(5-6-19(20)21)7-16-30(24-3,25-4)29-15-13-27-11-9-23-2/h18-21H,5-17H2,1-4H3. The fraction of sp³-hybridized carbons (Fsp3) is 1.00. The predicted molar refractivity (Wildman–Crippen MR) is 114 cm³/mol. The Bertz CT molecular complexity index is 398. The van der Waals surface area contributed by atoms with Crippen molar-refractivity contribution in [3.05, 3.63) is 0 Å². The zero-order chi connectivity index (χ0) is 22.1. The van der Waals surface area contributed by atoms with E-state index in [4.69, 9.17) is 37.0 Å². The third-order valence-electron chi connectivity index (χ3n) is 5.32. The van der Waals surface area contributed by atoms with Crippen LogP contribution in [0.5, 0.6) is 0 Å². The molecule has 0 amide bonds. The Kier molecular flexibility index (Phi) is 16.2. The highest BCUT2D eigenvalue weighted by molar-refractivity contribution is 6.60. The van der Waals surface area contributed by atoms with Gasteiger partial charge < -0.3 is 42.1 Å². The maximum atomic E-state index is 10.3. The quantitative estimate of drug-likeness (QED) is 0.230. The smallest absolute Gasteiger partial charge is 0.390 e. The van der Waals surface area contributed by atoms with Gasteiger partial charge in [0.05, 0.1) is 65.1 Å². The fourth-order valence-electron chi connectivity index (χ4n) is 3.50. The molecule has 1 fully saturated rings. The van der Waals surface area contributed by atoms with Crippen molar-refractivity contribution in [2.24, 2.45) is 5.92 Å². The molecule has 1 N–H and O–H groups in total. The average Bonchev–Trinajstić information content (AvgIpc) is 2.77. The minimum atomic E-state index is -2.73. The highest BCUT2D eigenvalue weighted by Gasteiger charge is 2.40. The summed E-state index contributed by atoms with van der Waals surface area (Å²) in [5.41, 5.74) is 0. The maximum absolute atomic E-state index is 10.3. The Hall–Kier alpha value is -0.143. The molecule has 1 saturated carbocycles. The van der Waals surface area contributed by atoms with Crippen LogP contribution in [0.4, 0.5) is 0 Å². The molecule has 0 aromatic heterocycles. The van der Waals surface area contributed by atoms with Gasteiger partial charge in [-0.2, -0.15) is 0 Å². The monoisotopic (exact) mass is 454 g/mol. The zero-order valence-electron chi connectivity index (χ0n) is 19.1. The Morgan fingerprint density at radius 2 is 1.37 bits per heavy atom. The molecule has 9 nitrogen and oxygen atoms in total. The van der Waals surface area contributed by atoms with Gasteiger partial charge >= 0.3 is 8.80 Å². The van der Waals surface area contributed by atoms with Gasteiger partial charge in [0.15, 0.2) is 0 Å². The van der Waals surface area contributed by atoms with Crippen LogP contribution in [0.15, 0.2) is 0 Å². The summed E-state index contributed by atoms with van der Waals surface area (Å²) in [6.07, 6.45) is 2.84. The van der Waals surface area contributed by atoms with Crippen LogP contribution in [0.25, 0.3) is 0 Å². The molecule has 0 aliphatic heterocycles. The average molecular weight is 455 g/mol. The highest BCUT2D eigenvalue weighted by Crippen LogP contribution is 2.32. The summed E-state index contributed by atoms with van der Waals surface area (Å²) in [4.78, 5) is 0. The van der Waals surface area contributed by atoms with Crippen LogP contribution in [0.2, 0.25) is 6.04 Å². The van der Waals surface area contributed by atoms with Crippen molar-refractivity contribution >= 4 is 8.80 Å². The van der Waals surface area contributed by atoms with Crippen molar-refractivity contribution in [1.29, 1.82) is 0 Å². The number of hydrogen-bond donors (Lipinski definition) is 1. The molecule has 0 aromatic carbocycles. The minimum absolute atomic E-state index is 0.161.